The second-order valence-electron chi connectivity index (χ2n) is 10.1. The van der Waals surface area contributed by atoms with Crippen molar-refractivity contribution in [2.24, 2.45) is 0 Å². The fourth-order valence-electron chi connectivity index (χ4n) is 3.85. The lowest BCUT2D eigenvalue weighted by Crippen LogP contribution is -2.16. The molecule has 0 unspecified atom stereocenters. The van der Waals surface area contributed by atoms with Crippen molar-refractivity contribution in [3.8, 4) is 11.1 Å². The van der Waals surface area contributed by atoms with E-state index < -0.39 is 0 Å². The molecule has 144 valence electrons. The van der Waals surface area contributed by atoms with Gasteiger partial charge in [-0.15, -0.1) is 0 Å². The van der Waals surface area contributed by atoms with Gasteiger partial charge in [0.2, 0.25) is 0 Å². The number of fused-ring (bicyclic) bond motifs is 3. The van der Waals surface area contributed by atoms with Crippen LogP contribution in [0, 0.1) is 6.92 Å². The smallest absolute Gasteiger partial charge is 0.143 e. The Balaban J connectivity index is 2.10. The van der Waals surface area contributed by atoms with Gasteiger partial charge in [-0.1, -0.05) is 95.6 Å². The van der Waals surface area contributed by atoms with Gasteiger partial charge >= 0.3 is 0 Å². The highest BCUT2D eigenvalue weighted by atomic mass is 16.3. The molecule has 0 amide bonds. The van der Waals surface area contributed by atoms with E-state index in [-0.39, 0.29) is 10.8 Å². The lowest BCUT2D eigenvalue weighted by molar-refractivity contribution is 0.559. The van der Waals surface area contributed by atoms with Crippen LogP contribution in [0.25, 0.3) is 33.1 Å². The van der Waals surface area contributed by atoms with E-state index in [1.807, 2.05) is 0 Å². The molecule has 1 nitrogen and oxygen atoms in total. The Morgan fingerprint density at radius 2 is 1.36 bits per heavy atom. The van der Waals surface area contributed by atoms with Crippen LogP contribution in [0.5, 0.6) is 0 Å². The molecule has 0 atom stereocenters. The van der Waals surface area contributed by atoms with E-state index in [1.165, 1.54) is 33.0 Å². The summed E-state index contributed by atoms with van der Waals surface area (Å²) in [6.07, 6.45) is 0. The zero-order chi connectivity index (χ0) is 20.3. The number of rotatable bonds is 1. The highest BCUT2D eigenvalue weighted by Gasteiger charge is 2.25. The molecule has 0 spiro atoms. The van der Waals surface area contributed by atoms with Crippen LogP contribution in [0.2, 0.25) is 0 Å². The zero-order valence-electron chi connectivity index (χ0n) is 18.1. The molecule has 0 N–H and O–H groups in total. The maximum atomic E-state index is 6.59. The Hall–Kier alpha value is -2.54. The van der Waals surface area contributed by atoms with Crippen molar-refractivity contribution in [1.82, 2.24) is 0 Å². The molecule has 3 aromatic carbocycles. The van der Waals surface area contributed by atoms with Crippen molar-refractivity contribution in [3.05, 3.63) is 71.3 Å². The molecule has 0 radical (unpaired) electrons. The molecule has 0 saturated carbocycles. The standard InChI is InChI=1S/C27H30O/c1-17-11-13-18(14-12-17)20-9-8-10-21-22-15-19(26(2,3)4)16-23(27(5,6)7)25(22)28-24(20)21/h8-16H,1-7H3. The van der Waals surface area contributed by atoms with E-state index in [0.29, 0.717) is 0 Å². The van der Waals surface area contributed by atoms with Gasteiger partial charge < -0.3 is 4.42 Å². The number of hydrogen-bond acceptors (Lipinski definition) is 1. The summed E-state index contributed by atoms with van der Waals surface area (Å²) in [5, 5.41) is 2.42. The van der Waals surface area contributed by atoms with Crippen molar-refractivity contribution >= 4 is 21.9 Å². The molecule has 0 fully saturated rings. The fourth-order valence-corrected chi connectivity index (χ4v) is 3.85. The molecule has 4 rings (SSSR count). The van der Waals surface area contributed by atoms with E-state index in [1.54, 1.807) is 0 Å². The highest BCUT2D eigenvalue weighted by molar-refractivity contribution is 6.10. The van der Waals surface area contributed by atoms with Crippen molar-refractivity contribution in [2.75, 3.05) is 0 Å². The van der Waals surface area contributed by atoms with Crippen LogP contribution in [-0.2, 0) is 10.8 Å². The first-order valence-electron chi connectivity index (χ1n) is 10.1. The molecule has 1 heteroatoms. The zero-order valence-corrected chi connectivity index (χ0v) is 18.1. The minimum Gasteiger partial charge on any atom is -0.455 e. The van der Waals surface area contributed by atoms with Crippen LogP contribution >= 0.6 is 0 Å². The van der Waals surface area contributed by atoms with E-state index in [4.69, 9.17) is 4.42 Å². The van der Waals surface area contributed by atoms with Crippen LogP contribution < -0.4 is 0 Å². The van der Waals surface area contributed by atoms with Gasteiger partial charge in [-0.2, -0.15) is 0 Å². The largest absolute Gasteiger partial charge is 0.455 e. The van der Waals surface area contributed by atoms with E-state index in [9.17, 15) is 0 Å². The summed E-state index contributed by atoms with van der Waals surface area (Å²) < 4.78 is 6.59. The summed E-state index contributed by atoms with van der Waals surface area (Å²) >= 11 is 0. The first kappa shape index (κ1) is 18.8. The molecule has 1 heterocycles. The molecule has 0 saturated heterocycles. The fraction of sp³-hybridized carbons (Fsp3) is 0.333. The van der Waals surface area contributed by atoms with Gasteiger partial charge in [-0.25, -0.2) is 0 Å². The van der Waals surface area contributed by atoms with Crippen molar-refractivity contribution in [1.29, 1.82) is 0 Å². The highest BCUT2D eigenvalue weighted by Crippen LogP contribution is 2.42. The minimum atomic E-state index is 0.0113. The third-order valence-corrected chi connectivity index (χ3v) is 5.63. The monoisotopic (exact) mass is 370 g/mol. The molecular weight excluding hydrogens is 340 g/mol. The summed E-state index contributed by atoms with van der Waals surface area (Å²) in [4.78, 5) is 0. The lowest BCUT2D eigenvalue weighted by atomic mass is 9.79. The van der Waals surface area contributed by atoms with E-state index in [0.717, 1.165) is 16.7 Å². The quantitative estimate of drug-likeness (QED) is 0.329. The molecular formula is C27H30O. The molecule has 0 aliphatic rings. The first-order valence-corrected chi connectivity index (χ1v) is 10.1. The van der Waals surface area contributed by atoms with Gasteiger partial charge in [0.05, 0.1) is 0 Å². The number of furan rings is 1. The Bertz CT molecular complexity index is 1160. The van der Waals surface area contributed by atoms with Gasteiger partial charge in [-0.3, -0.25) is 0 Å². The first-order chi connectivity index (χ1) is 13.1. The Labute approximate surface area is 168 Å². The molecule has 0 bridgehead atoms. The van der Waals surface area contributed by atoms with E-state index >= 15 is 0 Å². The second kappa shape index (κ2) is 6.24. The second-order valence-corrected chi connectivity index (χ2v) is 10.1. The predicted molar refractivity (Wildman–Crippen MR) is 121 cm³/mol. The molecule has 0 aliphatic heterocycles. The summed E-state index contributed by atoms with van der Waals surface area (Å²) in [6.45, 7) is 15.8. The van der Waals surface area contributed by atoms with Crippen LogP contribution in [0.3, 0.4) is 0 Å². The molecule has 4 aromatic rings. The van der Waals surface area contributed by atoms with Gasteiger partial charge in [0.1, 0.15) is 11.2 Å². The third-order valence-electron chi connectivity index (χ3n) is 5.63. The summed E-state index contributed by atoms with van der Waals surface area (Å²) in [5.74, 6) is 0. The van der Waals surface area contributed by atoms with E-state index in [2.05, 4.69) is 103 Å². The number of para-hydroxylation sites is 1. The third kappa shape index (κ3) is 3.13. The van der Waals surface area contributed by atoms with Gasteiger partial charge in [0.15, 0.2) is 0 Å². The van der Waals surface area contributed by atoms with Gasteiger partial charge in [-0.05, 0) is 34.9 Å². The van der Waals surface area contributed by atoms with Crippen LogP contribution in [0.4, 0.5) is 0 Å². The lowest BCUT2D eigenvalue weighted by Gasteiger charge is -2.25. The summed E-state index contributed by atoms with van der Waals surface area (Å²) in [6, 6.07) is 19.9. The summed E-state index contributed by atoms with van der Waals surface area (Å²) in [5.41, 5.74) is 8.37. The summed E-state index contributed by atoms with van der Waals surface area (Å²) in [7, 11) is 0. The van der Waals surface area contributed by atoms with Gasteiger partial charge in [0, 0.05) is 21.9 Å². The maximum absolute atomic E-state index is 6.59. The Morgan fingerprint density at radius 3 is 1.96 bits per heavy atom. The minimum absolute atomic E-state index is 0.0113. The van der Waals surface area contributed by atoms with Crippen LogP contribution in [-0.4, -0.2) is 0 Å². The van der Waals surface area contributed by atoms with Crippen LogP contribution in [0.15, 0.2) is 59.0 Å². The van der Waals surface area contributed by atoms with Crippen molar-refractivity contribution in [2.45, 2.75) is 59.3 Å². The molecule has 1 aromatic heterocycles. The number of hydrogen-bond donors (Lipinski definition) is 0. The number of aryl methyl sites for hydroxylation is 1. The average molecular weight is 371 g/mol. The van der Waals surface area contributed by atoms with Crippen molar-refractivity contribution < 1.29 is 4.42 Å². The Kier molecular flexibility index (Phi) is 4.19. The predicted octanol–water partition coefficient (Wildman–Crippen LogP) is 8.16. The number of benzene rings is 3. The Morgan fingerprint density at radius 1 is 0.679 bits per heavy atom. The molecule has 0 aliphatic carbocycles. The van der Waals surface area contributed by atoms with Crippen molar-refractivity contribution in [3.63, 3.8) is 0 Å². The SMILES string of the molecule is Cc1ccc(-c2cccc3c2oc2c(C(C)(C)C)cc(C(C)(C)C)cc23)cc1. The average Bonchev–Trinajstić information content (AvgIpc) is 2.98. The topological polar surface area (TPSA) is 13.1 Å². The van der Waals surface area contributed by atoms with Crippen LogP contribution in [0.1, 0.15) is 58.2 Å². The normalized spacial score (nSPS) is 12.8. The molecule has 28 heavy (non-hydrogen) atoms. The van der Waals surface area contributed by atoms with Gasteiger partial charge in [0.25, 0.3) is 0 Å². The maximum Gasteiger partial charge on any atom is 0.143 e.